The smallest absolute Gasteiger partial charge is 0.240 e. The predicted octanol–water partition coefficient (Wildman–Crippen LogP) is 1.86. The molecule has 2 saturated carbocycles. The molecule has 0 radical (unpaired) electrons. The van der Waals surface area contributed by atoms with E-state index in [2.05, 4.69) is 18.3 Å². The molecule has 0 atom stereocenters. The highest BCUT2D eigenvalue weighted by Crippen LogP contribution is 2.44. The van der Waals surface area contributed by atoms with Crippen molar-refractivity contribution in [1.82, 2.24) is 5.32 Å². The molecule has 4 nitrogen and oxygen atoms in total. The number of amides is 1. The topological polar surface area (TPSA) is 62.1 Å². The summed E-state index contributed by atoms with van der Waals surface area (Å²) in [5.41, 5.74) is -0.742. The molecule has 0 aromatic rings. The first kappa shape index (κ1) is 13.4. The Bertz CT molecular complexity index is 338. The summed E-state index contributed by atoms with van der Waals surface area (Å²) in [6, 6.07) is 2.18. The quantitative estimate of drug-likeness (QED) is 0.701. The average Bonchev–Trinajstić information content (AvgIpc) is 3.12. The number of carbonyl (C=O) groups is 1. The number of nitriles is 1. The van der Waals surface area contributed by atoms with Crippen molar-refractivity contribution >= 4 is 5.91 Å². The monoisotopic (exact) mass is 250 g/mol. The van der Waals surface area contributed by atoms with Gasteiger partial charge in [0.05, 0.1) is 6.07 Å². The summed E-state index contributed by atoms with van der Waals surface area (Å²) in [6.45, 7) is 4.26. The highest BCUT2D eigenvalue weighted by molar-refractivity contribution is 5.86. The lowest BCUT2D eigenvalue weighted by molar-refractivity contribution is -0.133. The maximum Gasteiger partial charge on any atom is 0.240 e. The van der Waals surface area contributed by atoms with Gasteiger partial charge in [-0.25, -0.2) is 0 Å². The predicted molar refractivity (Wildman–Crippen MR) is 67.6 cm³/mol. The third-order valence-electron chi connectivity index (χ3n) is 3.84. The summed E-state index contributed by atoms with van der Waals surface area (Å²) in [6.07, 6.45) is 4.84. The van der Waals surface area contributed by atoms with Crippen molar-refractivity contribution in [2.45, 2.75) is 39.0 Å². The van der Waals surface area contributed by atoms with Crippen molar-refractivity contribution in [2.75, 3.05) is 19.8 Å². The fourth-order valence-electron chi connectivity index (χ4n) is 2.54. The fourth-order valence-corrected chi connectivity index (χ4v) is 2.54. The van der Waals surface area contributed by atoms with E-state index >= 15 is 0 Å². The van der Waals surface area contributed by atoms with E-state index in [0.717, 1.165) is 18.9 Å². The van der Waals surface area contributed by atoms with Crippen LogP contribution >= 0.6 is 0 Å². The van der Waals surface area contributed by atoms with Gasteiger partial charge in [-0.3, -0.25) is 4.79 Å². The van der Waals surface area contributed by atoms with Crippen LogP contribution in [0.3, 0.4) is 0 Å². The van der Waals surface area contributed by atoms with Gasteiger partial charge in [0.2, 0.25) is 5.91 Å². The molecule has 0 bridgehead atoms. The molecule has 4 heteroatoms. The normalized spacial score (nSPS) is 30.3. The largest absolute Gasteiger partial charge is 0.381 e. The zero-order valence-electron chi connectivity index (χ0n) is 11.1. The van der Waals surface area contributed by atoms with E-state index in [1.165, 1.54) is 12.8 Å². The van der Waals surface area contributed by atoms with E-state index < -0.39 is 5.41 Å². The number of hydrogen-bond acceptors (Lipinski definition) is 3. The Kier molecular flexibility index (Phi) is 4.23. The van der Waals surface area contributed by atoms with Gasteiger partial charge in [-0.05, 0) is 43.9 Å². The minimum atomic E-state index is -0.742. The second kappa shape index (κ2) is 5.71. The second-order valence-electron chi connectivity index (χ2n) is 5.84. The van der Waals surface area contributed by atoms with Crippen LogP contribution in [0.1, 0.15) is 39.0 Å². The standard InChI is InChI=1S/C14H22N2O2/c1-11-7-14(8-11,10-15)13(17)16-5-2-6-18-9-12-3-4-12/h11-12H,2-9H2,1H3,(H,16,17). The van der Waals surface area contributed by atoms with Crippen LogP contribution in [0.5, 0.6) is 0 Å². The Morgan fingerprint density at radius 1 is 1.50 bits per heavy atom. The van der Waals surface area contributed by atoms with Crippen LogP contribution in [0, 0.1) is 28.6 Å². The lowest BCUT2D eigenvalue weighted by Crippen LogP contribution is -2.48. The first-order valence-electron chi connectivity index (χ1n) is 6.93. The maximum atomic E-state index is 11.9. The molecule has 1 amide bonds. The third kappa shape index (κ3) is 3.23. The zero-order valence-corrected chi connectivity index (χ0v) is 11.1. The lowest BCUT2D eigenvalue weighted by atomic mass is 9.63. The van der Waals surface area contributed by atoms with Gasteiger partial charge in [-0.2, -0.15) is 5.26 Å². The fraction of sp³-hybridized carbons (Fsp3) is 0.857. The molecule has 0 heterocycles. The van der Waals surface area contributed by atoms with Crippen molar-refractivity contribution in [3.63, 3.8) is 0 Å². The van der Waals surface area contributed by atoms with Crippen LogP contribution in [0.2, 0.25) is 0 Å². The van der Waals surface area contributed by atoms with Crippen LogP contribution in [0.4, 0.5) is 0 Å². The summed E-state index contributed by atoms with van der Waals surface area (Å²) in [4.78, 5) is 11.9. The van der Waals surface area contributed by atoms with Crippen molar-refractivity contribution < 1.29 is 9.53 Å². The van der Waals surface area contributed by atoms with Crippen molar-refractivity contribution in [1.29, 1.82) is 5.26 Å². The molecule has 0 aliphatic heterocycles. The van der Waals surface area contributed by atoms with Crippen molar-refractivity contribution in [3.8, 4) is 6.07 Å². The van der Waals surface area contributed by atoms with Crippen LogP contribution in [0.25, 0.3) is 0 Å². The van der Waals surface area contributed by atoms with Crippen LogP contribution in [-0.4, -0.2) is 25.7 Å². The van der Waals surface area contributed by atoms with Crippen molar-refractivity contribution in [2.24, 2.45) is 17.3 Å². The molecule has 2 fully saturated rings. The molecule has 2 aliphatic rings. The van der Waals surface area contributed by atoms with E-state index in [-0.39, 0.29) is 5.91 Å². The summed E-state index contributed by atoms with van der Waals surface area (Å²) in [7, 11) is 0. The Morgan fingerprint density at radius 3 is 2.78 bits per heavy atom. The van der Waals surface area contributed by atoms with Gasteiger partial charge in [-0.1, -0.05) is 6.92 Å². The molecule has 2 aliphatic carbocycles. The van der Waals surface area contributed by atoms with Crippen LogP contribution in [-0.2, 0) is 9.53 Å². The minimum Gasteiger partial charge on any atom is -0.381 e. The van der Waals surface area contributed by atoms with Crippen LogP contribution < -0.4 is 5.32 Å². The number of nitrogens with zero attached hydrogens (tertiary/aromatic N) is 1. The van der Waals surface area contributed by atoms with Gasteiger partial charge in [0.15, 0.2) is 0 Å². The van der Waals surface area contributed by atoms with Gasteiger partial charge in [-0.15, -0.1) is 0 Å². The minimum absolute atomic E-state index is 0.0923. The van der Waals surface area contributed by atoms with Crippen LogP contribution in [0.15, 0.2) is 0 Å². The summed E-state index contributed by atoms with van der Waals surface area (Å²) in [5.74, 6) is 1.19. The molecule has 0 aromatic carbocycles. The molecule has 0 aromatic heterocycles. The Balaban J connectivity index is 1.55. The Morgan fingerprint density at radius 2 is 2.22 bits per heavy atom. The Labute approximate surface area is 109 Å². The maximum absolute atomic E-state index is 11.9. The molecule has 100 valence electrons. The van der Waals surface area contributed by atoms with Gasteiger partial charge in [0.1, 0.15) is 5.41 Å². The molecule has 0 unspecified atom stereocenters. The molecule has 18 heavy (non-hydrogen) atoms. The first-order chi connectivity index (χ1) is 8.66. The van der Waals surface area contributed by atoms with E-state index in [9.17, 15) is 4.79 Å². The molecule has 0 saturated heterocycles. The third-order valence-corrected chi connectivity index (χ3v) is 3.84. The summed E-state index contributed by atoms with van der Waals surface area (Å²) < 4.78 is 5.49. The molecule has 1 N–H and O–H groups in total. The van der Waals surface area contributed by atoms with Gasteiger partial charge >= 0.3 is 0 Å². The highest BCUT2D eigenvalue weighted by atomic mass is 16.5. The van der Waals surface area contributed by atoms with E-state index in [4.69, 9.17) is 10.00 Å². The lowest BCUT2D eigenvalue weighted by Gasteiger charge is -2.39. The number of ether oxygens (including phenoxy) is 1. The van der Waals surface area contributed by atoms with E-state index in [1.54, 1.807) is 0 Å². The van der Waals surface area contributed by atoms with Gasteiger partial charge < -0.3 is 10.1 Å². The van der Waals surface area contributed by atoms with Crippen molar-refractivity contribution in [3.05, 3.63) is 0 Å². The summed E-state index contributed by atoms with van der Waals surface area (Å²) >= 11 is 0. The molecular weight excluding hydrogens is 228 g/mol. The average molecular weight is 250 g/mol. The summed E-state index contributed by atoms with van der Waals surface area (Å²) in [5, 5.41) is 12.0. The molecular formula is C14H22N2O2. The van der Waals surface area contributed by atoms with Gasteiger partial charge in [0, 0.05) is 19.8 Å². The zero-order chi connectivity index (χ0) is 13.0. The highest BCUT2D eigenvalue weighted by Gasteiger charge is 2.48. The number of nitrogens with one attached hydrogen (secondary N) is 1. The number of carbonyl (C=O) groups excluding carboxylic acids is 1. The van der Waals surface area contributed by atoms with E-state index in [1.807, 2.05) is 0 Å². The van der Waals surface area contributed by atoms with E-state index in [0.29, 0.717) is 31.9 Å². The number of rotatable bonds is 7. The second-order valence-corrected chi connectivity index (χ2v) is 5.84. The Hall–Kier alpha value is -1.08. The first-order valence-corrected chi connectivity index (χ1v) is 6.93. The number of hydrogen-bond donors (Lipinski definition) is 1. The molecule has 2 rings (SSSR count). The SMILES string of the molecule is CC1CC(C#N)(C(=O)NCCCOCC2CC2)C1. The van der Waals surface area contributed by atoms with Gasteiger partial charge in [0.25, 0.3) is 0 Å². The molecule has 0 spiro atoms.